The molecule has 3 aromatic rings. The van der Waals surface area contributed by atoms with E-state index >= 15 is 0 Å². The van der Waals surface area contributed by atoms with Gasteiger partial charge in [-0.05, 0) is 77.6 Å². The van der Waals surface area contributed by atoms with Crippen molar-refractivity contribution >= 4 is 98.8 Å². The van der Waals surface area contributed by atoms with E-state index < -0.39 is 101 Å². The van der Waals surface area contributed by atoms with Crippen LogP contribution in [-0.4, -0.2) is 242 Å². The average molecular weight is 1170 g/mol. The number of nitrogens with zero attached hydrogens (tertiary/aromatic N) is 4. The van der Waals surface area contributed by atoms with E-state index in [0.717, 1.165) is 33.3 Å². The first kappa shape index (κ1) is 65.2. The topological polar surface area (TPSA) is 402 Å². The van der Waals surface area contributed by atoms with Crippen molar-refractivity contribution in [3.8, 4) is 0 Å². The Morgan fingerprint density at radius 3 is 1.40 bits per heavy atom. The number of nitrogens with one attached hydrogen (secondary N) is 5. The van der Waals surface area contributed by atoms with Gasteiger partial charge in [0.1, 0.15) is 24.2 Å². The molecule has 0 spiro atoms. The second-order valence-corrected chi connectivity index (χ2v) is 21.6. The van der Waals surface area contributed by atoms with Crippen LogP contribution in [0.4, 0.5) is 4.79 Å². The molecule has 4 atom stereocenters. The summed E-state index contributed by atoms with van der Waals surface area (Å²) in [7, 11) is 0. The lowest BCUT2D eigenvalue weighted by Gasteiger charge is -2.33. The Kier molecular flexibility index (Phi) is 26.0. The third-order valence-electron chi connectivity index (χ3n) is 14.4. The molecule has 1 aliphatic heterocycles. The Morgan fingerprint density at radius 2 is 0.951 bits per heavy atom. The van der Waals surface area contributed by atoms with E-state index in [4.69, 9.17) is 5.11 Å². The lowest BCUT2D eigenvalue weighted by molar-refractivity contribution is -0.141. The van der Waals surface area contributed by atoms with Gasteiger partial charge in [-0.3, -0.25) is 53.2 Å². The summed E-state index contributed by atoms with van der Waals surface area (Å²) < 4.78 is 0. The molecule has 2 fully saturated rings. The predicted molar refractivity (Wildman–Crippen MR) is 297 cm³/mol. The summed E-state index contributed by atoms with van der Waals surface area (Å²) in [5, 5.41) is 83.1. The van der Waals surface area contributed by atoms with Gasteiger partial charge in [-0.15, -0.1) is 0 Å². The van der Waals surface area contributed by atoms with Crippen LogP contribution in [0.15, 0.2) is 54.6 Å². The van der Waals surface area contributed by atoms with E-state index in [1.165, 1.54) is 0 Å². The number of aliphatic carboxylic acids is 7. The molecule has 0 bridgehead atoms. The maximum absolute atomic E-state index is 14.4. The predicted octanol–water partition coefficient (Wildman–Crippen LogP) is 0.181. The van der Waals surface area contributed by atoms with E-state index in [-0.39, 0.29) is 123 Å². The molecule has 28 heteroatoms. The van der Waals surface area contributed by atoms with Gasteiger partial charge in [0.15, 0.2) is 0 Å². The van der Waals surface area contributed by atoms with Gasteiger partial charge >= 0.3 is 47.8 Å². The summed E-state index contributed by atoms with van der Waals surface area (Å²) >= 11 is 0.761. The summed E-state index contributed by atoms with van der Waals surface area (Å²) in [5.74, 6) is -11.9. The zero-order valence-corrected chi connectivity index (χ0v) is 46.1. The molecule has 0 radical (unpaired) electrons. The van der Waals surface area contributed by atoms with E-state index in [2.05, 4.69) is 26.6 Å². The average Bonchev–Trinajstić information content (AvgIpc) is 3.50. The fraction of sp³-hybridized carbons (Fsp3) is 0.537. The molecule has 2 aliphatic rings. The Hall–Kier alpha value is -7.66. The molecule has 1 saturated heterocycles. The SMILES string of the molecule is O=C(O)CCC[C@H](NC(=O)N[C@@H](CSC[C@H](NC(=O)C(Cc1c2ccccc2cc2ccccc12)NC(=O)[C@H]1CC[C@H](CNC(=O)CN2CCN(CC(=O)O)CCN(CC(=O)O)CCN(CC(=O)O)CC2)CC1)C(=O)O)C(=O)O)C(=O)O. The minimum atomic E-state index is -1.65. The second-order valence-electron chi connectivity index (χ2n) is 20.5. The third-order valence-corrected chi connectivity index (χ3v) is 15.5. The smallest absolute Gasteiger partial charge is 0.327 e. The lowest BCUT2D eigenvalue weighted by atomic mass is 9.81. The molecule has 12 N–H and O–H groups in total. The summed E-state index contributed by atoms with van der Waals surface area (Å²) in [6.45, 7) is 1.21. The van der Waals surface area contributed by atoms with Gasteiger partial charge in [-0.2, -0.15) is 11.8 Å². The summed E-state index contributed by atoms with van der Waals surface area (Å²) in [5.41, 5.74) is 0.711. The number of amides is 5. The molecular formula is C54H73N9O18S. The van der Waals surface area contributed by atoms with Crippen LogP contribution in [0.1, 0.15) is 50.5 Å². The number of carboxylic acids is 7. The van der Waals surface area contributed by atoms with Crippen molar-refractivity contribution in [3.05, 3.63) is 60.2 Å². The van der Waals surface area contributed by atoms with Gasteiger partial charge in [0.05, 0.1) is 26.2 Å². The van der Waals surface area contributed by atoms with E-state index in [0.29, 0.717) is 31.2 Å². The number of hydrogen-bond acceptors (Lipinski definition) is 16. The van der Waals surface area contributed by atoms with Crippen LogP contribution in [0.5, 0.6) is 0 Å². The molecule has 1 heterocycles. The maximum atomic E-state index is 14.4. The molecule has 27 nitrogen and oxygen atoms in total. The van der Waals surface area contributed by atoms with Gasteiger partial charge in [0.2, 0.25) is 17.7 Å². The third kappa shape index (κ3) is 22.0. The molecule has 82 heavy (non-hydrogen) atoms. The zero-order chi connectivity index (χ0) is 59.9. The van der Waals surface area contributed by atoms with Crippen LogP contribution in [0.25, 0.3) is 21.5 Å². The highest BCUT2D eigenvalue weighted by Crippen LogP contribution is 2.31. The van der Waals surface area contributed by atoms with Crippen molar-refractivity contribution in [3.63, 3.8) is 0 Å². The first-order chi connectivity index (χ1) is 39.0. The summed E-state index contributed by atoms with van der Waals surface area (Å²) in [4.78, 5) is 144. The molecule has 1 unspecified atom stereocenters. The van der Waals surface area contributed by atoms with Crippen molar-refractivity contribution < 1.29 is 88.5 Å². The van der Waals surface area contributed by atoms with Crippen LogP contribution in [0.3, 0.4) is 0 Å². The molecule has 5 rings (SSSR count). The van der Waals surface area contributed by atoms with E-state index in [9.17, 15) is 83.4 Å². The number of urea groups is 1. The summed E-state index contributed by atoms with van der Waals surface area (Å²) in [6.07, 6.45) is 1.06. The molecule has 1 saturated carbocycles. The highest BCUT2D eigenvalue weighted by atomic mass is 32.2. The Bertz CT molecular complexity index is 2680. The number of fused-ring (bicyclic) bond motifs is 2. The molecule has 1 aliphatic carbocycles. The highest BCUT2D eigenvalue weighted by molar-refractivity contribution is 7.99. The van der Waals surface area contributed by atoms with E-state index in [1.807, 2.05) is 59.5 Å². The van der Waals surface area contributed by atoms with Crippen LogP contribution < -0.4 is 26.6 Å². The number of carboxylic acid groups (broad SMARTS) is 7. The minimum absolute atomic E-state index is 0.0254. The minimum Gasteiger partial charge on any atom is -0.481 e. The monoisotopic (exact) mass is 1170 g/mol. The second kappa shape index (κ2) is 32.7. The molecule has 0 aromatic heterocycles. The van der Waals surface area contributed by atoms with Gasteiger partial charge in [0.25, 0.3) is 0 Å². The normalized spacial score (nSPS) is 18.5. The van der Waals surface area contributed by atoms with Crippen molar-refractivity contribution in [1.29, 1.82) is 0 Å². The first-order valence-electron chi connectivity index (χ1n) is 26.9. The van der Waals surface area contributed by atoms with Crippen LogP contribution in [0.2, 0.25) is 0 Å². The molecule has 448 valence electrons. The molecular weight excluding hydrogens is 1090 g/mol. The number of rotatable bonds is 29. The number of carbonyl (C=O) groups excluding carboxylic acids is 4. The standard InChI is InChI=1S/C54H73N9O18S/c64-44(27-60-16-18-61(28-46(67)68)20-22-63(30-48(71)72)23-21-62(19-17-60)29-47(69)70)55-26-33-12-14-34(15-13-33)49(73)56-41(25-39-37-8-3-1-6-35(37)24-36-7-2-4-9-38(36)39)50(74)57-42(52(77)78)31-82-32-43(53(79)80)59-54(81)58-40(51(75)76)10-5-11-45(65)66/h1-4,6-9,24,33-34,40-43H,5,10-23,25-32H2,(H,55,64)(H,56,73)(H,57,74)(H,65,66)(H,67,68)(H,69,70)(H,71,72)(H,75,76)(H,77,78)(H,79,80)(H2,58,59,81)/t33-,34-,40-,41?,42-,43-/m0/s1. The largest absolute Gasteiger partial charge is 0.481 e. The van der Waals surface area contributed by atoms with Crippen molar-refractivity contribution in [2.45, 2.75) is 75.5 Å². The number of hydrogen-bond donors (Lipinski definition) is 12. The van der Waals surface area contributed by atoms with Gasteiger partial charge in [-0.25, -0.2) is 19.2 Å². The Morgan fingerprint density at radius 1 is 0.512 bits per heavy atom. The quantitative estimate of drug-likeness (QED) is 0.0413. The number of carbonyl (C=O) groups is 11. The van der Waals surface area contributed by atoms with Gasteiger partial charge < -0.3 is 62.3 Å². The summed E-state index contributed by atoms with van der Waals surface area (Å²) in [6, 6.07) is 9.66. The zero-order valence-electron chi connectivity index (χ0n) is 45.2. The Balaban J connectivity index is 1.23. The van der Waals surface area contributed by atoms with Crippen molar-refractivity contribution in [2.75, 3.05) is 96.6 Å². The first-order valence-corrected chi connectivity index (χ1v) is 28.1. The van der Waals surface area contributed by atoms with E-state index in [1.54, 1.807) is 14.7 Å². The lowest BCUT2D eigenvalue weighted by Crippen LogP contribution is -2.54. The van der Waals surface area contributed by atoms with Crippen LogP contribution in [0, 0.1) is 11.8 Å². The highest BCUT2D eigenvalue weighted by Gasteiger charge is 2.34. The molecule has 5 amide bonds. The van der Waals surface area contributed by atoms with Crippen LogP contribution >= 0.6 is 11.8 Å². The fourth-order valence-corrected chi connectivity index (χ4v) is 11.0. The van der Waals surface area contributed by atoms with Gasteiger partial charge in [0, 0.05) is 89.2 Å². The van der Waals surface area contributed by atoms with Crippen molar-refractivity contribution in [1.82, 2.24) is 46.2 Å². The fourth-order valence-electron chi connectivity index (χ4n) is 9.96. The van der Waals surface area contributed by atoms with Gasteiger partial charge in [-0.1, -0.05) is 48.5 Å². The Labute approximate surface area is 476 Å². The molecule has 3 aromatic carbocycles. The number of thioether (sulfide) groups is 1. The van der Waals surface area contributed by atoms with Crippen LogP contribution in [-0.2, 0) is 54.4 Å². The maximum Gasteiger partial charge on any atom is 0.327 e. The number of benzene rings is 3. The van der Waals surface area contributed by atoms with Crippen molar-refractivity contribution in [2.24, 2.45) is 11.8 Å².